The molecule has 6 heteroatoms. The van der Waals surface area contributed by atoms with Gasteiger partial charge in [-0.1, -0.05) is 18.2 Å². The first-order valence-corrected chi connectivity index (χ1v) is 8.17. The highest BCUT2D eigenvalue weighted by atomic mass is 127. The predicted molar refractivity (Wildman–Crippen MR) is 101 cm³/mol. The number of nitrogens with zero attached hydrogens (tertiary/aromatic N) is 2. The minimum atomic E-state index is -0.211. The van der Waals surface area contributed by atoms with Crippen LogP contribution < -0.4 is 5.32 Å². The van der Waals surface area contributed by atoms with Gasteiger partial charge in [0.05, 0.1) is 12.6 Å². The third-order valence-electron chi connectivity index (χ3n) is 3.16. The fraction of sp³-hybridized carbons (Fsp3) is 0.533. The molecule has 1 heterocycles. The standard InChI is InChI=1S/C15H23N3OS.HI/c1-2-16-15(18-10-8-13(19)12-18)17-9-11-20-14-6-4-3-5-7-14;/h3-7,13,19H,2,8-12H2,1H3,(H,16,17);1H/t13-;/m1./s1. The number of guanidine groups is 1. The number of hydrogen-bond donors (Lipinski definition) is 2. The highest BCUT2D eigenvalue weighted by Gasteiger charge is 2.22. The molecule has 0 aromatic heterocycles. The predicted octanol–water partition coefficient (Wildman–Crippen LogP) is 2.43. The number of aliphatic hydroxyl groups is 1. The first-order valence-electron chi connectivity index (χ1n) is 7.18. The Labute approximate surface area is 148 Å². The SMILES string of the molecule is CCNC(=NCCSc1ccccc1)N1CC[C@@H](O)C1.I. The number of thioether (sulfide) groups is 1. The summed E-state index contributed by atoms with van der Waals surface area (Å²) in [7, 11) is 0. The van der Waals surface area contributed by atoms with Crippen LogP contribution in [-0.4, -0.2) is 54.0 Å². The number of rotatable bonds is 5. The average Bonchev–Trinajstić information content (AvgIpc) is 2.90. The van der Waals surface area contributed by atoms with Crippen molar-refractivity contribution in [1.29, 1.82) is 0 Å². The lowest BCUT2D eigenvalue weighted by molar-refractivity contribution is 0.188. The zero-order valence-electron chi connectivity index (χ0n) is 12.4. The van der Waals surface area contributed by atoms with Crippen LogP contribution in [0.4, 0.5) is 0 Å². The van der Waals surface area contributed by atoms with E-state index in [9.17, 15) is 5.11 Å². The van der Waals surface area contributed by atoms with Gasteiger partial charge in [-0.15, -0.1) is 35.7 Å². The maximum atomic E-state index is 9.61. The van der Waals surface area contributed by atoms with Crippen LogP contribution in [-0.2, 0) is 0 Å². The average molecular weight is 421 g/mol. The van der Waals surface area contributed by atoms with Crippen LogP contribution in [0.15, 0.2) is 40.2 Å². The highest BCUT2D eigenvalue weighted by molar-refractivity contribution is 14.0. The van der Waals surface area contributed by atoms with Crippen molar-refractivity contribution in [2.45, 2.75) is 24.3 Å². The lowest BCUT2D eigenvalue weighted by Crippen LogP contribution is -2.40. The molecule has 1 aromatic rings. The number of aliphatic hydroxyl groups excluding tert-OH is 1. The van der Waals surface area contributed by atoms with Gasteiger partial charge in [-0.05, 0) is 25.5 Å². The Morgan fingerprint density at radius 2 is 2.19 bits per heavy atom. The zero-order valence-corrected chi connectivity index (χ0v) is 15.5. The number of benzene rings is 1. The van der Waals surface area contributed by atoms with Crippen LogP contribution in [0.2, 0.25) is 0 Å². The molecule has 2 rings (SSSR count). The maximum Gasteiger partial charge on any atom is 0.194 e. The molecule has 0 unspecified atom stereocenters. The van der Waals surface area contributed by atoms with Crippen LogP contribution in [0, 0.1) is 0 Å². The van der Waals surface area contributed by atoms with Gasteiger partial charge in [0.2, 0.25) is 0 Å². The summed E-state index contributed by atoms with van der Waals surface area (Å²) in [5.41, 5.74) is 0. The van der Waals surface area contributed by atoms with Gasteiger partial charge in [-0.2, -0.15) is 0 Å². The van der Waals surface area contributed by atoms with Gasteiger partial charge < -0.3 is 15.3 Å². The maximum absolute atomic E-state index is 9.61. The summed E-state index contributed by atoms with van der Waals surface area (Å²) in [4.78, 5) is 8.07. The third-order valence-corrected chi connectivity index (χ3v) is 4.15. The number of nitrogens with one attached hydrogen (secondary N) is 1. The molecule has 0 aliphatic carbocycles. The second-order valence-corrected chi connectivity index (χ2v) is 5.95. The van der Waals surface area contributed by atoms with Crippen molar-refractivity contribution in [3.63, 3.8) is 0 Å². The highest BCUT2D eigenvalue weighted by Crippen LogP contribution is 2.16. The van der Waals surface area contributed by atoms with E-state index in [-0.39, 0.29) is 30.1 Å². The van der Waals surface area contributed by atoms with E-state index in [0.717, 1.165) is 37.8 Å². The van der Waals surface area contributed by atoms with Gasteiger partial charge in [-0.3, -0.25) is 4.99 Å². The molecule has 0 saturated carbocycles. The molecule has 1 aliphatic rings. The lowest BCUT2D eigenvalue weighted by Gasteiger charge is -2.20. The minimum Gasteiger partial charge on any atom is -0.391 e. The van der Waals surface area contributed by atoms with E-state index in [1.165, 1.54) is 4.90 Å². The Kier molecular flexibility index (Phi) is 9.10. The molecule has 1 aliphatic heterocycles. The van der Waals surface area contributed by atoms with Crippen molar-refractivity contribution in [3.05, 3.63) is 30.3 Å². The molecule has 0 bridgehead atoms. The third kappa shape index (κ3) is 6.44. The van der Waals surface area contributed by atoms with Crippen LogP contribution in [0.5, 0.6) is 0 Å². The molecule has 4 nitrogen and oxygen atoms in total. The summed E-state index contributed by atoms with van der Waals surface area (Å²) in [6, 6.07) is 10.4. The number of β-amino-alcohol motifs (C(OH)–C–C–N with tert-alkyl or cyclic N) is 1. The Morgan fingerprint density at radius 3 is 2.81 bits per heavy atom. The molecule has 1 saturated heterocycles. The van der Waals surface area contributed by atoms with Crippen molar-refractivity contribution < 1.29 is 5.11 Å². The molecule has 2 N–H and O–H groups in total. The van der Waals surface area contributed by atoms with E-state index in [1.807, 2.05) is 17.8 Å². The molecule has 118 valence electrons. The van der Waals surface area contributed by atoms with E-state index in [2.05, 4.69) is 46.4 Å². The van der Waals surface area contributed by atoms with Crippen LogP contribution in [0.1, 0.15) is 13.3 Å². The van der Waals surface area contributed by atoms with Gasteiger partial charge in [0.15, 0.2) is 5.96 Å². The van der Waals surface area contributed by atoms with Crippen LogP contribution >= 0.6 is 35.7 Å². The minimum absolute atomic E-state index is 0. The fourth-order valence-electron chi connectivity index (χ4n) is 2.19. The summed E-state index contributed by atoms with van der Waals surface area (Å²) in [5, 5.41) is 12.9. The summed E-state index contributed by atoms with van der Waals surface area (Å²) >= 11 is 1.82. The molecule has 0 spiro atoms. The van der Waals surface area contributed by atoms with E-state index in [1.54, 1.807) is 0 Å². The van der Waals surface area contributed by atoms with Gasteiger partial charge in [-0.25, -0.2) is 0 Å². The number of hydrogen-bond acceptors (Lipinski definition) is 3. The van der Waals surface area contributed by atoms with Crippen molar-refractivity contribution in [2.75, 3.05) is 31.9 Å². The largest absolute Gasteiger partial charge is 0.391 e. The van der Waals surface area contributed by atoms with Crippen LogP contribution in [0.25, 0.3) is 0 Å². The van der Waals surface area contributed by atoms with E-state index < -0.39 is 0 Å². The molecular formula is C15H24IN3OS. The Hall–Kier alpha value is -0.470. The Balaban J connectivity index is 0.00000220. The second kappa shape index (κ2) is 10.3. The monoisotopic (exact) mass is 421 g/mol. The van der Waals surface area contributed by atoms with Crippen molar-refractivity contribution in [2.24, 2.45) is 4.99 Å². The Morgan fingerprint density at radius 1 is 1.43 bits per heavy atom. The number of likely N-dealkylation sites (tertiary alicyclic amines) is 1. The number of halogens is 1. The molecular weight excluding hydrogens is 397 g/mol. The van der Waals surface area contributed by atoms with Crippen molar-refractivity contribution >= 4 is 41.7 Å². The molecule has 1 atom stereocenters. The van der Waals surface area contributed by atoms with Gasteiger partial charge in [0.1, 0.15) is 0 Å². The molecule has 0 amide bonds. The molecule has 21 heavy (non-hydrogen) atoms. The van der Waals surface area contributed by atoms with Gasteiger partial charge in [0.25, 0.3) is 0 Å². The summed E-state index contributed by atoms with van der Waals surface area (Å²) in [6.45, 7) is 5.29. The number of aliphatic imine (C=N–C) groups is 1. The van der Waals surface area contributed by atoms with Crippen molar-refractivity contribution in [3.8, 4) is 0 Å². The quantitative estimate of drug-likeness (QED) is 0.252. The smallest absolute Gasteiger partial charge is 0.194 e. The van der Waals surface area contributed by atoms with Crippen LogP contribution in [0.3, 0.4) is 0 Å². The first kappa shape index (κ1) is 18.6. The lowest BCUT2D eigenvalue weighted by atomic mass is 10.3. The molecule has 1 fully saturated rings. The van der Waals surface area contributed by atoms with E-state index in [4.69, 9.17) is 0 Å². The summed E-state index contributed by atoms with van der Waals surface area (Å²) in [6.07, 6.45) is 0.626. The van der Waals surface area contributed by atoms with Gasteiger partial charge in [0, 0.05) is 30.3 Å². The fourth-order valence-corrected chi connectivity index (χ4v) is 2.96. The van der Waals surface area contributed by atoms with Crippen molar-refractivity contribution in [1.82, 2.24) is 10.2 Å². The normalized spacial score (nSPS) is 18.5. The first-order chi connectivity index (χ1) is 9.79. The summed E-state index contributed by atoms with van der Waals surface area (Å²) < 4.78 is 0. The zero-order chi connectivity index (χ0) is 14.2. The van der Waals surface area contributed by atoms with E-state index >= 15 is 0 Å². The van der Waals surface area contributed by atoms with Gasteiger partial charge >= 0.3 is 0 Å². The molecule has 1 aromatic carbocycles. The van der Waals surface area contributed by atoms with E-state index in [0.29, 0.717) is 6.54 Å². The second-order valence-electron chi connectivity index (χ2n) is 4.79. The summed E-state index contributed by atoms with van der Waals surface area (Å²) in [5.74, 6) is 1.90. The molecule has 0 radical (unpaired) electrons. The Bertz CT molecular complexity index is 430. The topological polar surface area (TPSA) is 47.9 Å².